The van der Waals surface area contributed by atoms with Gasteiger partial charge in [0.05, 0.1) is 32.8 Å². The molecule has 2 saturated heterocycles. The maximum Gasteiger partial charge on any atom is 0.225 e. The summed E-state index contributed by atoms with van der Waals surface area (Å²) in [6.07, 6.45) is 0.299. The van der Waals surface area contributed by atoms with Crippen molar-refractivity contribution in [2.75, 3.05) is 71.1 Å². The SMILES string of the molecule is CN(CCC(=O)N1CCOC(COc2ccc(F)cc2)(CC(=O)N2CCOCC2)C1)c1ccc(F)cc1. The van der Waals surface area contributed by atoms with Crippen LogP contribution in [0.5, 0.6) is 5.75 Å². The molecule has 2 amide bonds. The summed E-state index contributed by atoms with van der Waals surface area (Å²) in [7, 11) is 1.85. The first-order chi connectivity index (χ1) is 17.8. The third-order valence-corrected chi connectivity index (χ3v) is 6.68. The fraction of sp³-hybridized carbons (Fsp3) is 0.481. The number of nitrogens with zero attached hydrogens (tertiary/aromatic N) is 3. The van der Waals surface area contributed by atoms with Gasteiger partial charge in [0.1, 0.15) is 29.6 Å². The molecule has 2 aliphatic heterocycles. The van der Waals surface area contributed by atoms with E-state index < -0.39 is 5.60 Å². The van der Waals surface area contributed by atoms with Crippen LogP contribution in [0.4, 0.5) is 14.5 Å². The van der Waals surface area contributed by atoms with E-state index in [1.807, 2.05) is 11.9 Å². The number of hydrogen-bond acceptors (Lipinski definition) is 6. The standard InChI is InChI=1S/C27H33F2N3O5/c1-30(23-6-2-21(28)3-7-23)11-10-25(33)32-14-17-37-27(19-32,18-26(34)31-12-15-35-16-13-31)20-36-24-8-4-22(29)5-9-24/h2-9H,10-20H2,1H3. The van der Waals surface area contributed by atoms with Gasteiger partial charge < -0.3 is 28.9 Å². The summed E-state index contributed by atoms with van der Waals surface area (Å²) in [5.41, 5.74) is -0.227. The van der Waals surface area contributed by atoms with Crippen LogP contribution in [0.3, 0.4) is 0 Å². The van der Waals surface area contributed by atoms with Crippen molar-refractivity contribution in [1.82, 2.24) is 9.80 Å². The highest BCUT2D eigenvalue weighted by Gasteiger charge is 2.42. The van der Waals surface area contributed by atoms with Crippen molar-refractivity contribution < 1.29 is 32.6 Å². The Balaban J connectivity index is 1.42. The van der Waals surface area contributed by atoms with Gasteiger partial charge in [-0.05, 0) is 48.5 Å². The van der Waals surface area contributed by atoms with Gasteiger partial charge in [0.25, 0.3) is 0 Å². The first-order valence-electron chi connectivity index (χ1n) is 12.5. The van der Waals surface area contributed by atoms with Gasteiger partial charge in [-0.25, -0.2) is 8.78 Å². The molecule has 8 nitrogen and oxygen atoms in total. The molecule has 2 aromatic rings. The van der Waals surface area contributed by atoms with Gasteiger partial charge in [-0.15, -0.1) is 0 Å². The van der Waals surface area contributed by atoms with Crippen LogP contribution >= 0.6 is 0 Å². The lowest BCUT2D eigenvalue weighted by molar-refractivity contribution is -0.167. The molecule has 1 unspecified atom stereocenters. The summed E-state index contributed by atoms with van der Waals surface area (Å²) in [5, 5.41) is 0. The summed E-state index contributed by atoms with van der Waals surface area (Å²) < 4.78 is 44.0. The normalized spacial score (nSPS) is 20.0. The van der Waals surface area contributed by atoms with E-state index in [4.69, 9.17) is 14.2 Å². The number of anilines is 1. The van der Waals surface area contributed by atoms with Crippen LogP contribution in [-0.2, 0) is 19.1 Å². The van der Waals surface area contributed by atoms with Gasteiger partial charge in [-0.2, -0.15) is 0 Å². The van der Waals surface area contributed by atoms with E-state index in [1.165, 1.54) is 36.4 Å². The van der Waals surface area contributed by atoms with Crippen molar-refractivity contribution in [3.63, 3.8) is 0 Å². The smallest absolute Gasteiger partial charge is 0.225 e. The van der Waals surface area contributed by atoms with Crippen molar-refractivity contribution in [1.29, 1.82) is 0 Å². The monoisotopic (exact) mass is 517 g/mol. The molecule has 10 heteroatoms. The first kappa shape index (κ1) is 26.8. The number of carbonyl (C=O) groups is 2. The van der Waals surface area contributed by atoms with Crippen LogP contribution in [0.15, 0.2) is 48.5 Å². The second-order valence-electron chi connectivity index (χ2n) is 9.41. The predicted molar refractivity (Wildman–Crippen MR) is 133 cm³/mol. The van der Waals surface area contributed by atoms with Crippen LogP contribution in [0.2, 0.25) is 0 Å². The van der Waals surface area contributed by atoms with E-state index in [9.17, 15) is 18.4 Å². The summed E-state index contributed by atoms with van der Waals surface area (Å²) in [6, 6.07) is 11.8. The quantitative estimate of drug-likeness (QED) is 0.510. The first-order valence-corrected chi connectivity index (χ1v) is 12.5. The van der Waals surface area contributed by atoms with Gasteiger partial charge in [-0.1, -0.05) is 0 Å². The van der Waals surface area contributed by atoms with Gasteiger partial charge in [0, 0.05) is 45.3 Å². The highest BCUT2D eigenvalue weighted by atomic mass is 19.1. The Kier molecular flexibility index (Phi) is 8.94. The molecule has 37 heavy (non-hydrogen) atoms. The minimum absolute atomic E-state index is 0.0357. The van der Waals surface area contributed by atoms with Crippen molar-refractivity contribution >= 4 is 17.5 Å². The zero-order valence-electron chi connectivity index (χ0n) is 21.0. The van der Waals surface area contributed by atoms with Crippen LogP contribution in [-0.4, -0.2) is 93.4 Å². The number of hydrogen-bond donors (Lipinski definition) is 0. The second-order valence-corrected chi connectivity index (χ2v) is 9.41. The van der Waals surface area contributed by atoms with Crippen LogP contribution in [0.1, 0.15) is 12.8 Å². The van der Waals surface area contributed by atoms with Gasteiger partial charge >= 0.3 is 0 Å². The fourth-order valence-corrected chi connectivity index (χ4v) is 4.50. The molecule has 1 atom stereocenters. The topological polar surface area (TPSA) is 71.6 Å². The number of halogens is 2. The fourth-order valence-electron chi connectivity index (χ4n) is 4.50. The number of rotatable bonds is 9. The molecule has 4 rings (SSSR count). The van der Waals surface area contributed by atoms with E-state index >= 15 is 0 Å². The van der Waals surface area contributed by atoms with E-state index in [2.05, 4.69) is 0 Å². The van der Waals surface area contributed by atoms with E-state index in [-0.39, 0.29) is 56.0 Å². The lowest BCUT2D eigenvalue weighted by Gasteiger charge is -2.43. The molecule has 0 bridgehead atoms. The Labute approximate surface area is 215 Å². The van der Waals surface area contributed by atoms with Crippen molar-refractivity contribution in [2.24, 2.45) is 0 Å². The minimum Gasteiger partial charge on any atom is -0.490 e. The average molecular weight is 518 g/mol. The molecule has 2 fully saturated rings. The van der Waals surface area contributed by atoms with E-state index in [1.54, 1.807) is 21.9 Å². The lowest BCUT2D eigenvalue weighted by Crippen LogP contribution is -2.59. The molecule has 0 radical (unpaired) electrons. The summed E-state index contributed by atoms with van der Waals surface area (Å²) in [4.78, 5) is 31.7. The Morgan fingerprint density at radius 2 is 1.54 bits per heavy atom. The molecule has 0 aromatic heterocycles. The lowest BCUT2D eigenvalue weighted by atomic mass is 9.96. The Morgan fingerprint density at radius 3 is 2.22 bits per heavy atom. The second kappa shape index (κ2) is 12.3. The molecular formula is C27H33F2N3O5. The zero-order valence-corrected chi connectivity index (χ0v) is 21.0. The van der Waals surface area contributed by atoms with Crippen LogP contribution < -0.4 is 9.64 Å². The third kappa shape index (κ3) is 7.39. The Hall–Kier alpha value is -3.24. The number of amides is 2. The predicted octanol–water partition coefficient (Wildman–Crippen LogP) is 2.72. The molecule has 0 spiro atoms. The minimum atomic E-state index is -1.04. The van der Waals surface area contributed by atoms with E-state index in [0.717, 1.165) is 5.69 Å². The molecule has 0 N–H and O–H groups in total. The van der Waals surface area contributed by atoms with Crippen molar-refractivity contribution in [2.45, 2.75) is 18.4 Å². The summed E-state index contributed by atoms with van der Waals surface area (Å²) >= 11 is 0. The number of carbonyl (C=O) groups excluding carboxylic acids is 2. The summed E-state index contributed by atoms with van der Waals surface area (Å²) in [5.74, 6) is -0.389. The maximum absolute atomic E-state index is 13.3. The molecule has 2 heterocycles. The molecule has 2 aliphatic rings. The Morgan fingerprint density at radius 1 is 0.919 bits per heavy atom. The average Bonchev–Trinajstić information content (AvgIpc) is 2.92. The molecule has 2 aromatic carbocycles. The zero-order chi connectivity index (χ0) is 26.3. The van der Waals surface area contributed by atoms with Gasteiger partial charge in [0.15, 0.2) is 0 Å². The highest BCUT2D eigenvalue weighted by molar-refractivity contribution is 5.79. The largest absolute Gasteiger partial charge is 0.490 e. The molecule has 0 saturated carbocycles. The van der Waals surface area contributed by atoms with Crippen molar-refractivity contribution in [3.05, 3.63) is 60.2 Å². The summed E-state index contributed by atoms with van der Waals surface area (Å²) in [6.45, 7) is 3.34. The molecular weight excluding hydrogens is 484 g/mol. The third-order valence-electron chi connectivity index (χ3n) is 6.68. The highest BCUT2D eigenvalue weighted by Crippen LogP contribution is 2.26. The van der Waals surface area contributed by atoms with E-state index in [0.29, 0.717) is 45.1 Å². The van der Waals surface area contributed by atoms with Crippen LogP contribution in [0, 0.1) is 11.6 Å². The molecule has 200 valence electrons. The molecule has 0 aliphatic carbocycles. The number of benzene rings is 2. The van der Waals surface area contributed by atoms with Crippen molar-refractivity contribution in [3.8, 4) is 5.75 Å². The Bertz CT molecular complexity index is 1050. The van der Waals surface area contributed by atoms with Gasteiger partial charge in [0.2, 0.25) is 11.8 Å². The van der Waals surface area contributed by atoms with Crippen LogP contribution in [0.25, 0.3) is 0 Å². The number of ether oxygens (including phenoxy) is 3. The van der Waals surface area contributed by atoms with Gasteiger partial charge in [-0.3, -0.25) is 9.59 Å². The maximum atomic E-state index is 13.3. The number of morpholine rings is 2.